The summed E-state index contributed by atoms with van der Waals surface area (Å²) in [6, 6.07) is 7.88. The maximum Gasteiger partial charge on any atom is 0.228 e. The molecular formula is C13H14N4O. The third-order valence-electron chi connectivity index (χ3n) is 3.21. The van der Waals surface area contributed by atoms with Crippen molar-refractivity contribution in [3.8, 4) is 11.3 Å². The molecule has 1 aromatic heterocycles. The molecule has 0 saturated heterocycles. The monoisotopic (exact) mass is 242 g/mol. The van der Waals surface area contributed by atoms with Crippen molar-refractivity contribution in [1.82, 2.24) is 9.78 Å². The van der Waals surface area contributed by atoms with Crippen molar-refractivity contribution in [3.05, 3.63) is 35.5 Å². The van der Waals surface area contributed by atoms with Crippen LogP contribution >= 0.6 is 0 Å². The molecule has 0 aliphatic carbocycles. The van der Waals surface area contributed by atoms with Gasteiger partial charge in [0.25, 0.3) is 0 Å². The van der Waals surface area contributed by atoms with E-state index in [9.17, 15) is 4.79 Å². The van der Waals surface area contributed by atoms with Crippen LogP contribution in [-0.2, 0) is 24.8 Å². The fourth-order valence-corrected chi connectivity index (χ4v) is 2.23. The molecule has 3 rings (SSSR count). The highest BCUT2D eigenvalue weighted by Gasteiger charge is 2.18. The molecule has 1 aromatic carbocycles. The molecule has 2 heterocycles. The first-order valence-corrected chi connectivity index (χ1v) is 5.83. The molecule has 92 valence electrons. The van der Waals surface area contributed by atoms with E-state index in [0.717, 1.165) is 28.2 Å². The summed E-state index contributed by atoms with van der Waals surface area (Å²) >= 11 is 0. The zero-order valence-corrected chi connectivity index (χ0v) is 10.1. The molecule has 0 bridgehead atoms. The van der Waals surface area contributed by atoms with E-state index < -0.39 is 0 Å². The number of aromatic nitrogens is 2. The number of nitrogens with zero attached hydrogens (tertiary/aromatic N) is 2. The van der Waals surface area contributed by atoms with Gasteiger partial charge in [0.05, 0.1) is 17.8 Å². The van der Waals surface area contributed by atoms with Crippen LogP contribution in [0.5, 0.6) is 0 Å². The second-order valence-electron chi connectivity index (χ2n) is 4.45. The van der Waals surface area contributed by atoms with Gasteiger partial charge in [-0.25, -0.2) is 0 Å². The van der Waals surface area contributed by atoms with Gasteiger partial charge in [-0.3, -0.25) is 9.48 Å². The molecule has 18 heavy (non-hydrogen) atoms. The zero-order valence-electron chi connectivity index (χ0n) is 10.1. The summed E-state index contributed by atoms with van der Waals surface area (Å²) in [6.45, 7) is 0.467. The molecule has 3 N–H and O–H groups in total. The van der Waals surface area contributed by atoms with Gasteiger partial charge in [0, 0.05) is 24.8 Å². The standard InChI is InChI=1S/C13H14N4O/c1-17-10(7-14)6-12(16-17)8-2-3-11-9(4-8)5-13(18)15-11/h2-4,6H,5,7,14H2,1H3,(H,15,18). The molecular weight excluding hydrogens is 228 g/mol. The number of rotatable bonds is 2. The van der Waals surface area contributed by atoms with E-state index in [1.807, 2.05) is 31.3 Å². The summed E-state index contributed by atoms with van der Waals surface area (Å²) in [7, 11) is 1.88. The first kappa shape index (κ1) is 11.0. The Balaban J connectivity index is 2.02. The highest BCUT2D eigenvalue weighted by molar-refractivity contribution is 5.99. The van der Waals surface area contributed by atoms with Crippen molar-refractivity contribution in [2.24, 2.45) is 12.8 Å². The van der Waals surface area contributed by atoms with E-state index in [1.165, 1.54) is 0 Å². The van der Waals surface area contributed by atoms with Gasteiger partial charge in [0.1, 0.15) is 0 Å². The average molecular weight is 242 g/mol. The number of hydrogen-bond acceptors (Lipinski definition) is 3. The molecule has 0 spiro atoms. The minimum atomic E-state index is 0.0471. The Morgan fingerprint density at radius 1 is 1.44 bits per heavy atom. The number of hydrogen-bond donors (Lipinski definition) is 2. The topological polar surface area (TPSA) is 72.9 Å². The van der Waals surface area contributed by atoms with E-state index in [4.69, 9.17) is 5.73 Å². The number of amides is 1. The molecule has 0 radical (unpaired) electrons. The Kier molecular flexibility index (Phi) is 2.41. The van der Waals surface area contributed by atoms with Gasteiger partial charge in [-0.2, -0.15) is 5.10 Å². The summed E-state index contributed by atoms with van der Waals surface area (Å²) in [6.07, 6.45) is 0.444. The Bertz CT molecular complexity index is 630. The molecule has 0 fully saturated rings. The van der Waals surface area contributed by atoms with Gasteiger partial charge >= 0.3 is 0 Å². The maximum absolute atomic E-state index is 11.3. The number of nitrogens with one attached hydrogen (secondary N) is 1. The van der Waals surface area contributed by atoms with Crippen LogP contribution in [0, 0.1) is 0 Å². The smallest absolute Gasteiger partial charge is 0.228 e. The predicted octanol–water partition coefficient (Wildman–Crippen LogP) is 1.04. The summed E-state index contributed by atoms with van der Waals surface area (Å²) in [5.74, 6) is 0.0471. The van der Waals surface area contributed by atoms with Crippen LogP contribution in [-0.4, -0.2) is 15.7 Å². The fourth-order valence-electron chi connectivity index (χ4n) is 2.23. The third kappa shape index (κ3) is 1.69. The van der Waals surface area contributed by atoms with Crippen LogP contribution in [0.4, 0.5) is 5.69 Å². The summed E-state index contributed by atoms with van der Waals surface area (Å²) < 4.78 is 1.78. The maximum atomic E-state index is 11.3. The molecule has 1 aliphatic rings. The van der Waals surface area contributed by atoms with Crippen LogP contribution < -0.4 is 11.1 Å². The Morgan fingerprint density at radius 3 is 3.00 bits per heavy atom. The lowest BCUT2D eigenvalue weighted by Crippen LogP contribution is -2.03. The summed E-state index contributed by atoms with van der Waals surface area (Å²) in [4.78, 5) is 11.3. The van der Waals surface area contributed by atoms with Gasteiger partial charge in [0.15, 0.2) is 0 Å². The Hall–Kier alpha value is -2.14. The van der Waals surface area contributed by atoms with Gasteiger partial charge in [0.2, 0.25) is 5.91 Å². The highest BCUT2D eigenvalue weighted by Crippen LogP contribution is 2.28. The lowest BCUT2D eigenvalue weighted by Gasteiger charge is -2.01. The van der Waals surface area contributed by atoms with Crippen molar-refractivity contribution in [2.45, 2.75) is 13.0 Å². The van der Waals surface area contributed by atoms with Crippen molar-refractivity contribution >= 4 is 11.6 Å². The first-order chi connectivity index (χ1) is 8.67. The van der Waals surface area contributed by atoms with Crippen molar-refractivity contribution in [2.75, 3.05) is 5.32 Å². The number of fused-ring (bicyclic) bond motifs is 1. The van der Waals surface area contributed by atoms with E-state index in [-0.39, 0.29) is 5.91 Å². The van der Waals surface area contributed by atoms with Crippen LogP contribution in [0.3, 0.4) is 0 Å². The van der Waals surface area contributed by atoms with E-state index in [0.29, 0.717) is 13.0 Å². The minimum Gasteiger partial charge on any atom is -0.326 e. The number of aryl methyl sites for hydroxylation is 1. The van der Waals surface area contributed by atoms with Gasteiger partial charge < -0.3 is 11.1 Å². The van der Waals surface area contributed by atoms with Crippen molar-refractivity contribution < 1.29 is 4.79 Å². The number of anilines is 1. The quantitative estimate of drug-likeness (QED) is 0.826. The molecule has 0 unspecified atom stereocenters. The van der Waals surface area contributed by atoms with Crippen LogP contribution in [0.15, 0.2) is 24.3 Å². The molecule has 0 saturated carbocycles. The number of nitrogens with two attached hydrogens (primary N) is 1. The number of carbonyl (C=O) groups is 1. The van der Waals surface area contributed by atoms with Crippen LogP contribution in [0.25, 0.3) is 11.3 Å². The minimum absolute atomic E-state index is 0.0471. The van der Waals surface area contributed by atoms with E-state index in [2.05, 4.69) is 10.4 Å². The van der Waals surface area contributed by atoms with E-state index in [1.54, 1.807) is 4.68 Å². The van der Waals surface area contributed by atoms with Gasteiger partial charge in [-0.05, 0) is 23.8 Å². The Labute approximate surface area is 105 Å². The SMILES string of the molecule is Cn1nc(-c2ccc3c(c2)CC(=O)N3)cc1CN. The second-order valence-corrected chi connectivity index (χ2v) is 4.45. The Morgan fingerprint density at radius 2 is 2.28 bits per heavy atom. The third-order valence-corrected chi connectivity index (χ3v) is 3.21. The first-order valence-electron chi connectivity index (χ1n) is 5.83. The van der Waals surface area contributed by atoms with Crippen molar-refractivity contribution in [1.29, 1.82) is 0 Å². The summed E-state index contributed by atoms with van der Waals surface area (Å²) in [5.41, 5.74) is 10.5. The van der Waals surface area contributed by atoms with Crippen molar-refractivity contribution in [3.63, 3.8) is 0 Å². The molecule has 1 aliphatic heterocycles. The van der Waals surface area contributed by atoms with Gasteiger partial charge in [-0.1, -0.05) is 6.07 Å². The predicted molar refractivity (Wildman–Crippen MR) is 68.9 cm³/mol. The number of benzene rings is 1. The normalized spacial score (nSPS) is 13.6. The second kappa shape index (κ2) is 3.96. The summed E-state index contributed by atoms with van der Waals surface area (Å²) in [5, 5.41) is 7.25. The largest absolute Gasteiger partial charge is 0.326 e. The highest BCUT2D eigenvalue weighted by atomic mass is 16.1. The zero-order chi connectivity index (χ0) is 12.7. The molecule has 5 heteroatoms. The molecule has 2 aromatic rings. The molecule has 0 atom stereocenters. The van der Waals surface area contributed by atoms with Crippen LogP contribution in [0.2, 0.25) is 0 Å². The van der Waals surface area contributed by atoms with E-state index >= 15 is 0 Å². The lowest BCUT2D eigenvalue weighted by molar-refractivity contribution is -0.115. The molecule has 5 nitrogen and oxygen atoms in total. The lowest BCUT2D eigenvalue weighted by atomic mass is 10.1. The molecule has 1 amide bonds. The fraction of sp³-hybridized carbons (Fsp3) is 0.231. The van der Waals surface area contributed by atoms with Crippen LogP contribution in [0.1, 0.15) is 11.3 Å². The van der Waals surface area contributed by atoms with Gasteiger partial charge in [-0.15, -0.1) is 0 Å². The average Bonchev–Trinajstić information content (AvgIpc) is 2.89. The number of carbonyl (C=O) groups excluding carboxylic acids is 1.